The van der Waals surface area contributed by atoms with E-state index in [2.05, 4.69) is 30.8 Å². The Labute approximate surface area is 94.6 Å². The summed E-state index contributed by atoms with van der Waals surface area (Å²) < 4.78 is 0. The molecule has 0 aliphatic carbocycles. The summed E-state index contributed by atoms with van der Waals surface area (Å²) in [7, 11) is 4.49. The average Bonchev–Trinajstić information content (AvgIpc) is 2.26. The number of likely N-dealkylation sites (tertiary alicyclic amines) is 1. The number of hydrogen-bond donors (Lipinski definition) is 1. The van der Waals surface area contributed by atoms with Crippen LogP contribution in [0.25, 0.3) is 0 Å². The summed E-state index contributed by atoms with van der Waals surface area (Å²) in [6.07, 6.45) is 4.99. The SMILES string of the molecule is CCC(CCN)N(C)C1CCN(C)CC1. The molecule has 1 heterocycles. The van der Waals surface area contributed by atoms with Gasteiger partial charge in [-0.05, 0) is 59.4 Å². The second-order valence-corrected chi connectivity index (χ2v) is 4.84. The van der Waals surface area contributed by atoms with E-state index in [1.54, 1.807) is 0 Å². The van der Waals surface area contributed by atoms with Gasteiger partial charge in [0.1, 0.15) is 0 Å². The van der Waals surface area contributed by atoms with Gasteiger partial charge in [-0.15, -0.1) is 0 Å². The lowest BCUT2D eigenvalue weighted by atomic mass is 10.00. The van der Waals surface area contributed by atoms with Crippen LogP contribution in [0.2, 0.25) is 0 Å². The molecular formula is C12H27N3. The number of hydrogen-bond acceptors (Lipinski definition) is 3. The molecule has 0 radical (unpaired) electrons. The topological polar surface area (TPSA) is 32.5 Å². The number of nitrogens with two attached hydrogens (primary N) is 1. The molecule has 1 unspecified atom stereocenters. The zero-order chi connectivity index (χ0) is 11.3. The van der Waals surface area contributed by atoms with Crippen molar-refractivity contribution in [2.45, 2.75) is 44.7 Å². The molecule has 90 valence electrons. The van der Waals surface area contributed by atoms with Gasteiger partial charge in [-0.3, -0.25) is 0 Å². The van der Waals surface area contributed by atoms with Gasteiger partial charge in [0, 0.05) is 12.1 Å². The second kappa shape index (κ2) is 6.46. The third-order valence-corrected chi connectivity index (χ3v) is 3.81. The summed E-state index contributed by atoms with van der Waals surface area (Å²) in [5.41, 5.74) is 5.66. The van der Waals surface area contributed by atoms with E-state index in [4.69, 9.17) is 5.73 Å². The monoisotopic (exact) mass is 213 g/mol. The first-order chi connectivity index (χ1) is 7.19. The second-order valence-electron chi connectivity index (χ2n) is 4.84. The molecule has 0 spiro atoms. The predicted octanol–water partition coefficient (Wildman–Crippen LogP) is 1.14. The molecule has 1 aliphatic heterocycles. The van der Waals surface area contributed by atoms with E-state index in [9.17, 15) is 0 Å². The van der Waals surface area contributed by atoms with Crippen molar-refractivity contribution in [1.29, 1.82) is 0 Å². The van der Waals surface area contributed by atoms with Crippen molar-refractivity contribution in [2.24, 2.45) is 5.73 Å². The van der Waals surface area contributed by atoms with Crippen molar-refractivity contribution in [1.82, 2.24) is 9.80 Å². The molecule has 15 heavy (non-hydrogen) atoms. The average molecular weight is 213 g/mol. The minimum absolute atomic E-state index is 0.684. The van der Waals surface area contributed by atoms with Gasteiger partial charge in [0.25, 0.3) is 0 Å². The van der Waals surface area contributed by atoms with Gasteiger partial charge in [0.2, 0.25) is 0 Å². The van der Waals surface area contributed by atoms with Crippen LogP contribution in [0.4, 0.5) is 0 Å². The molecule has 0 saturated carbocycles. The van der Waals surface area contributed by atoms with E-state index in [1.807, 2.05) is 0 Å². The summed E-state index contributed by atoms with van der Waals surface area (Å²) in [6.45, 7) is 5.57. The number of piperidine rings is 1. The van der Waals surface area contributed by atoms with Gasteiger partial charge in [-0.1, -0.05) is 6.92 Å². The molecule has 0 aromatic heterocycles. The van der Waals surface area contributed by atoms with Crippen LogP contribution in [0.3, 0.4) is 0 Å². The maximum absolute atomic E-state index is 5.66. The molecule has 3 nitrogen and oxygen atoms in total. The Hall–Kier alpha value is -0.120. The molecule has 2 N–H and O–H groups in total. The first kappa shape index (κ1) is 12.9. The van der Waals surface area contributed by atoms with Crippen molar-refractivity contribution < 1.29 is 0 Å². The first-order valence-electron chi connectivity index (χ1n) is 6.29. The molecular weight excluding hydrogens is 186 g/mol. The quantitative estimate of drug-likeness (QED) is 0.743. The van der Waals surface area contributed by atoms with Crippen LogP contribution in [-0.4, -0.2) is 55.6 Å². The fraction of sp³-hybridized carbons (Fsp3) is 1.00. The highest BCUT2D eigenvalue weighted by atomic mass is 15.2. The summed E-state index contributed by atoms with van der Waals surface area (Å²) >= 11 is 0. The minimum atomic E-state index is 0.684. The zero-order valence-corrected chi connectivity index (χ0v) is 10.6. The summed E-state index contributed by atoms with van der Waals surface area (Å²) in [4.78, 5) is 4.99. The molecule has 1 saturated heterocycles. The van der Waals surface area contributed by atoms with Crippen LogP contribution in [0.5, 0.6) is 0 Å². The molecule has 1 aliphatic rings. The predicted molar refractivity (Wildman–Crippen MR) is 66.0 cm³/mol. The van der Waals surface area contributed by atoms with E-state index in [1.165, 1.54) is 32.4 Å². The highest BCUT2D eigenvalue weighted by molar-refractivity contribution is 4.81. The molecule has 1 fully saturated rings. The van der Waals surface area contributed by atoms with Gasteiger partial charge >= 0.3 is 0 Å². The van der Waals surface area contributed by atoms with E-state index < -0.39 is 0 Å². The third kappa shape index (κ3) is 3.74. The Bertz CT molecular complexity index is 164. The standard InChI is InChI=1S/C12H27N3/c1-4-11(5-8-13)15(3)12-6-9-14(2)10-7-12/h11-12H,4-10,13H2,1-3H3. The van der Waals surface area contributed by atoms with Gasteiger partial charge in [0.15, 0.2) is 0 Å². The van der Waals surface area contributed by atoms with E-state index in [-0.39, 0.29) is 0 Å². The van der Waals surface area contributed by atoms with Gasteiger partial charge < -0.3 is 15.5 Å². The Morgan fingerprint density at radius 2 is 2.00 bits per heavy atom. The van der Waals surface area contributed by atoms with E-state index in [0.717, 1.165) is 19.0 Å². The molecule has 3 heteroatoms. The van der Waals surface area contributed by atoms with Crippen LogP contribution in [0.15, 0.2) is 0 Å². The fourth-order valence-electron chi connectivity index (χ4n) is 2.59. The third-order valence-electron chi connectivity index (χ3n) is 3.81. The normalized spacial score (nSPS) is 22.2. The van der Waals surface area contributed by atoms with Crippen molar-refractivity contribution in [3.05, 3.63) is 0 Å². The van der Waals surface area contributed by atoms with E-state index in [0.29, 0.717) is 6.04 Å². The summed E-state index contributed by atoms with van der Waals surface area (Å²) in [5, 5.41) is 0. The highest BCUT2D eigenvalue weighted by Gasteiger charge is 2.24. The smallest absolute Gasteiger partial charge is 0.0119 e. The lowest BCUT2D eigenvalue weighted by Gasteiger charge is -2.39. The highest BCUT2D eigenvalue weighted by Crippen LogP contribution is 2.18. The molecule has 0 amide bonds. The molecule has 1 rings (SSSR count). The van der Waals surface area contributed by atoms with Crippen LogP contribution in [0.1, 0.15) is 32.6 Å². The van der Waals surface area contributed by atoms with Crippen molar-refractivity contribution >= 4 is 0 Å². The molecule has 0 bridgehead atoms. The molecule has 0 aromatic rings. The van der Waals surface area contributed by atoms with Gasteiger partial charge in [0.05, 0.1) is 0 Å². The number of nitrogens with zero attached hydrogens (tertiary/aromatic N) is 2. The molecule has 1 atom stereocenters. The maximum atomic E-state index is 5.66. The van der Waals surface area contributed by atoms with Crippen LogP contribution in [-0.2, 0) is 0 Å². The van der Waals surface area contributed by atoms with Crippen LogP contribution >= 0.6 is 0 Å². The fourth-order valence-corrected chi connectivity index (χ4v) is 2.59. The van der Waals surface area contributed by atoms with Gasteiger partial charge in [-0.2, -0.15) is 0 Å². The number of rotatable bonds is 5. The largest absolute Gasteiger partial charge is 0.330 e. The van der Waals surface area contributed by atoms with Crippen LogP contribution < -0.4 is 5.73 Å². The maximum Gasteiger partial charge on any atom is 0.0119 e. The Balaban J connectivity index is 2.40. The minimum Gasteiger partial charge on any atom is -0.330 e. The van der Waals surface area contributed by atoms with Crippen molar-refractivity contribution in [3.8, 4) is 0 Å². The lowest BCUT2D eigenvalue weighted by Crippen LogP contribution is -2.46. The first-order valence-corrected chi connectivity index (χ1v) is 6.29. The molecule has 0 aromatic carbocycles. The summed E-state index contributed by atoms with van der Waals surface area (Å²) in [5.74, 6) is 0. The van der Waals surface area contributed by atoms with Crippen molar-refractivity contribution in [2.75, 3.05) is 33.7 Å². The summed E-state index contributed by atoms with van der Waals surface area (Å²) in [6, 6.07) is 1.46. The van der Waals surface area contributed by atoms with E-state index >= 15 is 0 Å². The lowest BCUT2D eigenvalue weighted by molar-refractivity contribution is 0.101. The van der Waals surface area contributed by atoms with Gasteiger partial charge in [-0.25, -0.2) is 0 Å². The zero-order valence-electron chi connectivity index (χ0n) is 10.6. The Morgan fingerprint density at radius 3 is 2.47 bits per heavy atom. The van der Waals surface area contributed by atoms with Crippen molar-refractivity contribution in [3.63, 3.8) is 0 Å². The Morgan fingerprint density at radius 1 is 1.40 bits per heavy atom. The Kier molecular flexibility index (Phi) is 5.58. The van der Waals surface area contributed by atoms with Crippen LogP contribution in [0, 0.1) is 0 Å².